The molecule has 0 unspecified atom stereocenters. The molecule has 0 aliphatic carbocycles. The summed E-state index contributed by atoms with van der Waals surface area (Å²) >= 11 is 4.80. The number of carbonyl (C=O) groups excluding carboxylic acids is 1. The van der Waals surface area contributed by atoms with E-state index < -0.39 is 0 Å². The lowest BCUT2D eigenvalue weighted by Gasteiger charge is -2.08. The molecular weight excluding hydrogens is 250 g/mol. The molecular formula is C12H17N3O2S. The van der Waals surface area contributed by atoms with Crippen LogP contribution in [-0.4, -0.2) is 35.1 Å². The zero-order chi connectivity index (χ0) is 13.5. The Morgan fingerprint density at radius 3 is 2.78 bits per heavy atom. The lowest BCUT2D eigenvalue weighted by Crippen LogP contribution is -2.28. The Balaban J connectivity index is 2.44. The Morgan fingerprint density at radius 1 is 1.56 bits per heavy atom. The van der Waals surface area contributed by atoms with Crippen molar-refractivity contribution in [2.45, 2.75) is 20.0 Å². The van der Waals surface area contributed by atoms with Crippen molar-refractivity contribution in [1.82, 2.24) is 10.3 Å². The van der Waals surface area contributed by atoms with Crippen molar-refractivity contribution in [1.29, 1.82) is 0 Å². The fourth-order valence-corrected chi connectivity index (χ4v) is 1.34. The molecule has 3 N–H and O–H groups in total. The van der Waals surface area contributed by atoms with Gasteiger partial charge in [-0.15, -0.1) is 0 Å². The summed E-state index contributed by atoms with van der Waals surface area (Å²) in [5, 5.41) is 2.71. The Kier molecular flexibility index (Phi) is 5.67. The summed E-state index contributed by atoms with van der Waals surface area (Å²) in [6.07, 6.45) is 1.65. The van der Waals surface area contributed by atoms with E-state index in [9.17, 15) is 4.79 Å². The highest BCUT2D eigenvalue weighted by atomic mass is 32.1. The molecule has 0 aliphatic heterocycles. The molecule has 0 saturated heterocycles. The van der Waals surface area contributed by atoms with Crippen molar-refractivity contribution in [3.05, 3.63) is 29.6 Å². The molecule has 1 amide bonds. The van der Waals surface area contributed by atoms with Crippen LogP contribution in [0.25, 0.3) is 0 Å². The zero-order valence-corrected chi connectivity index (χ0v) is 11.3. The van der Waals surface area contributed by atoms with Gasteiger partial charge in [0, 0.05) is 18.3 Å². The number of nitrogens with zero attached hydrogens (tertiary/aromatic N) is 1. The first-order chi connectivity index (χ1) is 8.50. The standard InChI is InChI=1S/C12H17N3O2S/c1-8(2)17-6-5-14-12(16)10-4-3-9(7-15-10)11(13)18/h3-4,7-8H,5-6H2,1-2H3,(H2,13,18)(H,14,16). The quantitative estimate of drug-likeness (QED) is 0.591. The maximum atomic E-state index is 11.7. The molecule has 0 radical (unpaired) electrons. The van der Waals surface area contributed by atoms with Gasteiger partial charge in [0.1, 0.15) is 10.7 Å². The summed E-state index contributed by atoms with van der Waals surface area (Å²) in [6.45, 7) is 4.82. The van der Waals surface area contributed by atoms with Crippen molar-refractivity contribution in [2.24, 2.45) is 5.73 Å². The molecule has 18 heavy (non-hydrogen) atoms. The molecule has 1 aromatic heterocycles. The van der Waals surface area contributed by atoms with E-state index in [4.69, 9.17) is 22.7 Å². The van der Waals surface area contributed by atoms with E-state index in [2.05, 4.69) is 10.3 Å². The van der Waals surface area contributed by atoms with E-state index >= 15 is 0 Å². The zero-order valence-electron chi connectivity index (χ0n) is 10.5. The second kappa shape index (κ2) is 7.03. The van der Waals surface area contributed by atoms with E-state index in [0.717, 1.165) is 0 Å². The van der Waals surface area contributed by atoms with E-state index in [1.165, 1.54) is 6.20 Å². The molecule has 0 aromatic carbocycles. The van der Waals surface area contributed by atoms with E-state index in [1.807, 2.05) is 13.8 Å². The second-order valence-electron chi connectivity index (χ2n) is 3.97. The molecule has 0 spiro atoms. The van der Waals surface area contributed by atoms with Crippen molar-refractivity contribution >= 4 is 23.1 Å². The van der Waals surface area contributed by atoms with Gasteiger partial charge in [-0.25, -0.2) is 0 Å². The molecule has 0 atom stereocenters. The third-order valence-electron chi connectivity index (χ3n) is 2.12. The number of rotatable bonds is 6. The number of nitrogens with two attached hydrogens (primary N) is 1. The van der Waals surface area contributed by atoms with Crippen LogP contribution >= 0.6 is 12.2 Å². The highest BCUT2D eigenvalue weighted by Crippen LogP contribution is 2.00. The van der Waals surface area contributed by atoms with Gasteiger partial charge in [-0.2, -0.15) is 0 Å². The smallest absolute Gasteiger partial charge is 0.269 e. The minimum atomic E-state index is -0.239. The Hall–Kier alpha value is -1.53. The van der Waals surface area contributed by atoms with Crippen LogP contribution in [0.15, 0.2) is 18.3 Å². The van der Waals surface area contributed by atoms with Crippen molar-refractivity contribution in [3.63, 3.8) is 0 Å². The number of aromatic nitrogens is 1. The predicted molar refractivity (Wildman–Crippen MR) is 73.5 cm³/mol. The maximum Gasteiger partial charge on any atom is 0.269 e. The van der Waals surface area contributed by atoms with Crippen LogP contribution in [0.4, 0.5) is 0 Å². The number of carbonyl (C=O) groups is 1. The average molecular weight is 267 g/mol. The third-order valence-corrected chi connectivity index (χ3v) is 2.36. The minimum absolute atomic E-state index is 0.157. The summed E-state index contributed by atoms with van der Waals surface area (Å²) in [4.78, 5) is 15.9. The van der Waals surface area contributed by atoms with Gasteiger partial charge in [-0.3, -0.25) is 9.78 Å². The van der Waals surface area contributed by atoms with Gasteiger partial charge >= 0.3 is 0 Å². The Morgan fingerprint density at radius 2 is 2.28 bits per heavy atom. The number of amides is 1. The Bertz CT molecular complexity index is 418. The summed E-state index contributed by atoms with van der Waals surface area (Å²) in [5.74, 6) is -0.239. The highest BCUT2D eigenvalue weighted by molar-refractivity contribution is 7.80. The van der Waals surface area contributed by atoms with Crippen LogP contribution in [-0.2, 0) is 4.74 Å². The number of hydrogen-bond acceptors (Lipinski definition) is 4. The van der Waals surface area contributed by atoms with Crippen LogP contribution in [0.1, 0.15) is 29.9 Å². The van der Waals surface area contributed by atoms with E-state index in [0.29, 0.717) is 24.4 Å². The van der Waals surface area contributed by atoms with Crippen LogP contribution in [0, 0.1) is 0 Å². The Labute approximate surface area is 112 Å². The number of hydrogen-bond donors (Lipinski definition) is 2. The van der Waals surface area contributed by atoms with Gasteiger partial charge in [-0.1, -0.05) is 12.2 Å². The molecule has 6 heteroatoms. The molecule has 0 aliphatic rings. The van der Waals surface area contributed by atoms with Gasteiger partial charge in [0.25, 0.3) is 5.91 Å². The van der Waals surface area contributed by atoms with Gasteiger partial charge in [-0.05, 0) is 26.0 Å². The number of pyridine rings is 1. The molecule has 0 bridgehead atoms. The van der Waals surface area contributed by atoms with Crippen molar-refractivity contribution in [3.8, 4) is 0 Å². The summed E-state index contributed by atoms with van der Waals surface area (Å²) in [5.41, 5.74) is 6.42. The van der Waals surface area contributed by atoms with Gasteiger partial charge in [0.05, 0.1) is 12.7 Å². The fraction of sp³-hybridized carbons (Fsp3) is 0.417. The van der Waals surface area contributed by atoms with Gasteiger partial charge in [0.15, 0.2) is 0 Å². The van der Waals surface area contributed by atoms with E-state index in [-0.39, 0.29) is 17.0 Å². The molecule has 1 aromatic rings. The minimum Gasteiger partial charge on any atom is -0.389 e. The molecule has 1 heterocycles. The second-order valence-corrected chi connectivity index (χ2v) is 4.41. The fourth-order valence-electron chi connectivity index (χ4n) is 1.22. The molecule has 1 rings (SSSR count). The largest absolute Gasteiger partial charge is 0.389 e. The van der Waals surface area contributed by atoms with Crippen LogP contribution in [0.3, 0.4) is 0 Å². The van der Waals surface area contributed by atoms with Crippen molar-refractivity contribution < 1.29 is 9.53 Å². The number of nitrogens with one attached hydrogen (secondary N) is 1. The lowest BCUT2D eigenvalue weighted by atomic mass is 10.2. The van der Waals surface area contributed by atoms with Crippen LogP contribution in [0.5, 0.6) is 0 Å². The topological polar surface area (TPSA) is 77.2 Å². The van der Waals surface area contributed by atoms with E-state index in [1.54, 1.807) is 12.1 Å². The monoisotopic (exact) mass is 267 g/mol. The molecule has 98 valence electrons. The van der Waals surface area contributed by atoms with Crippen molar-refractivity contribution in [2.75, 3.05) is 13.2 Å². The molecule has 5 nitrogen and oxygen atoms in total. The summed E-state index contributed by atoms with van der Waals surface area (Å²) in [6, 6.07) is 3.27. The summed E-state index contributed by atoms with van der Waals surface area (Å²) < 4.78 is 5.31. The first-order valence-corrected chi connectivity index (χ1v) is 6.07. The SMILES string of the molecule is CC(C)OCCNC(=O)c1ccc(C(N)=S)cn1. The third kappa shape index (κ3) is 4.77. The lowest BCUT2D eigenvalue weighted by molar-refractivity contribution is 0.0745. The first-order valence-electron chi connectivity index (χ1n) is 5.66. The van der Waals surface area contributed by atoms with Crippen LogP contribution < -0.4 is 11.1 Å². The number of thiocarbonyl (C=S) groups is 1. The molecule has 0 saturated carbocycles. The summed E-state index contributed by atoms with van der Waals surface area (Å²) in [7, 11) is 0. The van der Waals surface area contributed by atoms with Gasteiger partial charge in [0.2, 0.25) is 0 Å². The maximum absolute atomic E-state index is 11.7. The normalized spacial score (nSPS) is 10.4. The highest BCUT2D eigenvalue weighted by Gasteiger charge is 2.07. The molecule has 0 fully saturated rings. The first kappa shape index (κ1) is 14.5. The van der Waals surface area contributed by atoms with Crippen LogP contribution in [0.2, 0.25) is 0 Å². The van der Waals surface area contributed by atoms with Gasteiger partial charge < -0.3 is 15.8 Å². The predicted octanol–water partition coefficient (Wildman–Crippen LogP) is 0.871. The average Bonchev–Trinajstić information content (AvgIpc) is 2.34. The number of ether oxygens (including phenoxy) is 1.